The lowest BCUT2D eigenvalue weighted by molar-refractivity contribution is 0.477. The maximum atomic E-state index is 4.06. The van der Waals surface area contributed by atoms with E-state index in [4.69, 9.17) is 0 Å². The molecule has 0 aliphatic carbocycles. The van der Waals surface area contributed by atoms with Crippen LogP contribution in [-0.2, 0) is 0 Å². The summed E-state index contributed by atoms with van der Waals surface area (Å²) < 4.78 is 0. The molecule has 0 aromatic rings. The van der Waals surface area contributed by atoms with Crippen molar-refractivity contribution >= 4 is 6.21 Å². The number of hydrazone groups is 1. The van der Waals surface area contributed by atoms with E-state index in [0.29, 0.717) is 0 Å². The predicted molar refractivity (Wildman–Crippen MR) is 50.6 cm³/mol. The molecule has 1 heterocycles. The molecule has 0 N–H and O–H groups in total. The summed E-state index contributed by atoms with van der Waals surface area (Å²) >= 11 is 0. The van der Waals surface area contributed by atoms with Crippen LogP contribution in [0.2, 0.25) is 0 Å². The van der Waals surface area contributed by atoms with Crippen molar-refractivity contribution < 1.29 is 0 Å². The summed E-state index contributed by atoms with van der Waals surface area (Å²) in [6, 6.07) is 0. The van der Waals surface area contributed by atoms with Crippen LogP contribution in [0.25, 0.3) is 0 Å². The second kappa shape index (κ2) is 5.96. The minimum Gasteiger partial charge on any atom is -0.276 e. The number of rotatable bonds is 1. The van der Waals surface area contributed by atoms with Crippen molar-refractivity contribution in [3.8, 4) is 0 Å². The molecule has 0 amide bonds. The van der Waals surface area contributed by atoms with Gasteiger partial charge in [0, 0.05) is 25.9 Å². The van der Waals surface area contributed by atoms with Gasteiger partial charge in [-0.25, -0.2) is 0 Å². The van der Waals surface area contributed by atoms with Crippen molar-refractivity contribution in [3.05, 3.63) is 11.8 Å². The highest BCUT2D eigenvalue weighted by atomic mass is 15.4. The Balaban J connectivity index is 0.000000461. The molecular formula is C9H18N2. The van der Waals surface area contributed by atoms with Gasteiger partial charge in [-0.2, -0.15) is 5.10 Å². The summed E-state index contributed by atoms with van der Waals surface area (Å²) in [5.74, 6) is 0. The van der Waals surface area contributed by atoms with Crippen LogP contribution in [0.15, 0.2) is 16.9 Å². The van der Waals surface area contributed by atoms with E-state index in [1.807, 2.05) is 32.1 Å². The van der Waals surface area contributed by atoms with Gasteiger partial charge in [0.2, 0.25) is 0 Å². The Bertz CT molecular complexity index is 148. The Morgan fingerprint density at radius 2 is 2.18 bits per heavy atom. The van der Waals surface area contributed by atoms with Crippen molar-refractivity contribution in [2.24, 2.45) is 5.10 Å². The summed E-state index contributed by atoms with van der Waals surface area (Å²) in [7, 11) is 1.95. The first-order valence-electron chi connectivity index (χ1n) is 4.27. The molecule has 0 bridgehead atoms. The monoisotopic (exact) mass is 154 g/mol. The van der Waals surface area contributed by atoms with Gasteiger partial charge >= 0.3 is 0 Å². The highest BCUT2D eigenvalue weighted by Gasteiger charge is 1.98. The van der Waals surface area contributed by atoms with E-state index in [2.05, 4.69) is 18.2 Å². The van der Waals surface area contributed by atoms with E-state index in [0.717, 1.165) is 12.8 Å². The Hall–Kier alpha value is -0.790. The topological polar surface area (TPSA) is 15.6 Å². The normalized spacial score (nSPS) is 15.3. The van der Waals surface area contributed by atoms with Gasteiger partial charge < -0.3 is 0 Å². The van der Waals surface area contributed by atoms with E-state index in [9.17, 15) is 0 Å². The van der Waals surface area contributed by atoms with Crippen LogP contribution in [0.5, 0.6) is 0 Å². The van der Waals surface area contributed by atoms with Crippen molar-refractivity contribution in [1.82, 2.24) is 5.01 Å². The van der Waals surface area contributed by atoms with Crippen molar-refractivity contribution in [3.63, 3.8) is 0 Å². The Morgan fingerprint density at radius 3 is 2.55 bits per heavy atom. The molecule has 0 radical (unpaired) electrons. The lowest BCUT2D eigenvalue weighted by Crippen LogP contribution is -2.07. The predicted octanol–water partition coefficient (Wildman–Crippen LogP) is 2.63. The third kappa shape index (κ3) is 3.81. The summed E-state index contributed by atoms with van der Waals surface area (Å²) in [6.07, 6.45) is 6.19. The van der Waals surface area contributed by atoms with Crippen LogP contribution in [0.1, 0.15) is 33.6 Å². The van der Waals surface area contributed by atoms with E-state index in [1.54, 1.807) is 0 Å². The van der Waals surface area contributed by atoms with Gasteiger partial charge in [-0.3, -0.25) is 5.01 Å². The molecule has 0 saturated heterocycles. The Morgan fingerprint density at radius 1 is 1.55 bits per heavy atom. The number of allylic oxidation sites excluding steroid dienone is 1. The SMILES string of the molecule is CC.CCC1=CN(C)N=CC1. The highest BCUT2D eigenvalue weighted by molar-refractivity contribution is 5.61. The van der Waals surface area contributed by atoms with E-state index < -0.39 is 0 Å². The van der Waals surface area contributed by atoms with Crippen LogP contribution in [0.4, 0.5) is 0 Å². The first-order chi connectivity index (χ1) is 5.33. The maximum Gasteiger partial charge on any atom is 0.0296 e. The summed E-state index contributed by atoms with van der Waals surface area (Å²) in [6.45, 7) is 6.17. The Labute approximate surface area is 69.6 Å². The van der Waals surface area contributed by atoms with Crippen LogP contribution in [0.3, 0.4) is 0 Å². The third-order valence-electron chi connectivity index (χ3n) is 1.44. The highest BCUT2D eigenvalue weighted by Crippen LogP contribution is 2.09. The molecule has 0 spiro atoms. The zero-order valence-electron chi connectivity index (χ0n) is 7.96. The van der Waals surface area contributed by atoms with Crippen molar-refractivity contribution in [2.45, 2.75) is 33.6 Å². The number of nitrogens with zero attached hydrogens (tertiary/aromatic N) is 2. The van der Waals surface area contributed by atoms with Crippen molar-refractivity contribution in [2.75, 3.05) is 7.05 Å². The molecule has 11 heavy (non-hydrogen) atoms. The summed E-state index contributed by atoms with van der Waals surface area (Å²) in [5.41, 5.74) is 1.45. The van der Waals surface area contributed by atoms with Crippen molar-refractivity contribution in [1.29, 1.82) is 0 Å². The Kier molecular flexibility index (Phi) is 5.53. The minimum atomic E-state index is 1.03. The van der Waals surface area contributed by atoms with Crippen LogP contribution in [-0.4, -0.2) is 18.3 Å². The molecule has 2 nitrogen and oxygen atoms in total. The quantitative estimate of drug-likeness (QED) is 0.567. The van der Waals surface area contributed by atoms with Crippen LogP contribution >= 0.6 is 0 Å². The molecule has 0 fully saturated rings. The van der Waals surface area contributed by atoms with Crippen LogP contribution in [0, 0.1) is 0 Å². The number of hydrogen-bond donors (Lipinski definition) is 0. The summed E-state index contributed by atoms with van der Waals surface area (Å²) in [5, 5.41) is 5.91. The fourth-order valence-corrected chi connectivity index (χ4v) is 0.873. The fourth-order valence-electron chi connectivity index (χ4n) is 0.873. The van der Waals surface area contributed by atoms with Gasteiger partial charge in [0.1, 0.15) is 0 Å². The van der Waals surface area contributed by atoms with Gasteiger partial charge in [-0.15, -0.1) is 0 Å². The maximum absolute atomic E-state index is 4.06. The summed E-state index contributed by atoms with van der Waals surface area (Å²) in [4.78, 5) is 0. The second-order valence-electron chi connectivity index (χ2n) is 2.22. The molecule has 1 aliphatic heterocycles. The molecule has 0 saturated carbocycles. The largest absolute Gasteiger partial charge is 0.276 e. The smallest absolute Gasteiger partial charge is 0.0296 e. The lowest BCUT2D eigenvalue weighted by atomic mass is 10.1. The van der Waals surface area contributed by atoms with Crippen LogP contribution < -0.4 is 0 Å². The molecule has 64 valence electrons. The van der Waals surface area contributed by atoms with E-state index in [-0.39, 0.29) is 0 Å². The lowest BCUT2D eigenvalue weighted by Gasteiger charge is -2.13. The molecule has 1 aliphatic rings. The average molecular weight is 154 g/mol. The van der Waals surface area contributed by atoms with Gasteiger partial charge in [-0.05, 0) is 12.0 Å². The van der Waals surface area contributed by atoms with Gasteiger partial charge in [0.15, 0.2) is 0 Å². The molecule has 0 atom stereocenters. The average Bonchev–Trinajstić information content (AvgIpc) is 2.08. The minimum absolute atomic E-state index is 1.03. The number of hydrogen-bond acceptors (Lipinski definition) is 2. The molecule has 2 heteroatoms. The third-order valence-corrected chi connectivity index (χ3v) is 1.44. The van der Waals surface area contributed by atoms with E-state index >= 15 is 0 Å². The fraction of sp³-hybridized carbons (Fsp3) is 0.667. The van der Waals surface area contributed by atoms with Gasteiger partial charge in [0.05, 0.1) is 0 Å². The van der Waals surface area contributed by atoms with Gasteiger partial charge in [0.25, 0.3) is 0 Å². The first-order valence-corrected chi connectivity index (χ1v) is 4.27. The molecule has 0 unspecified atom stereocenters. The molecule has 0 aromatic carbocycles. The second-order valence-corrected chi connectivity index (χ2v) is 2.22. The standard InChI is InChI=1S/C7H12N2.C2H6/c1-3-7-4-5-8-9(2)6-7;1-2/h5-6H,3-4H2,1-2H3;1-2H3. The van der Waals surface area contributed by atoms with Gasteiger partial charge in [-0.1, -0.05) is 20.8 Å². The zero-order valence-corrected chi connectivity index (χ0v) is 7.96. The zero-order chi connectivity index (χ0) is 8.69. The van der Waals surface area contributed by atoms with E-state index in [1.165, 1.54) is 5.57 Å². The molecular weight excluding hydrogens is 136 g/mol. The first kappa shape index (κ1) is 10.2. The molecule has 0 aromatic heterocycles. The molecule has 1 rings (SSSR count).